The molecule has 1 amide bonds. The molecule has 0 aliphatic carbocycles. The maximum absolute atomic E-state index is 13.0. The smallest absolute Gasteiger partial charge is 0.333 e. The summed E-state index contributed by atoms with van der Waals surface area (Å²) in [5.41, 5.74) is 8.28. The lowest BCUT2D eigenvalue weighted by molar-refractivity contribution is -0.163. The van der Waals surface area contributed by atoms with E-state index in [0.717, 1.165) is 16.9 Å². The second-order valence-electron chi connectivity index (χ2n) is 7.80. The number of esters is 1. The quantitative estimate of drug-likeness (QED) is 0.401. The first-order valence-corrected chi connectivity index (χ1v) is 10.7. The van der Waals surface area contributed by atoms with Gasteiger partial charge in [0.25, 0.3) is 0 Å². The molecule has 33 heavy (non-hydrogen) atoms. The third kappa shape index (κ3) is 5.32. The molecule has 7 nitrogen and oxygen atoms in total. The summed E-state index contributed by atoms with van der Waals surface area (Å²) < 4.78 is 16.5. The van der Waals surface area contributed by atoms with Crippen LogP contribution in [0.4, 0.5) is 0 Å². The molecule has 2 atom stereocenters. The minimum absolute atomic E-state index is 0.0890. The SMILES string of the molecule is COc1ccc(COC(=O)C(c2ccc(OCc3ccccc3)cc2)N2CC(N)C2=O)cc1. The summed E-state index contributed by atoms with van der Waals surface area (Å²) in [5.74, 6) is 0.604. The molecule has 1 aliphatic rings. The van der Waals surface area contributed by atoms with E-state index in [9.17, 15) is 9.59 Å². The second kappa shape index (κ2) is 10.2. The molecule has 4 rings (SSSR count). The maximum atomic E-state index is 13.0. The van der Waals surface area contributed by atoms with Gasteiger partial charge in [-0.15, -0.1) is 0 Å². The minimum atomic E-state index is -0.862. The van der Waals surface area contributed by atoms with Crippen LogP contribution in [0.15, 0.2) is 78.9 Å². The van der Waals surface area contributed by atoms with Gasteiger partial charge in [-0.05, 0) is 41.0 Å². The van der Waals surface area contributed by atoms with Crippen LogP contribution in [-0.2, 0) is 27.5 Å². The van der Waals surface area contributed by atoms with Gasteiger partial charge in [0.05, 0.1) is 7.11 Å². The number of β-lactam (4-membered cyclic amide) rings is 1. The summed E-state index contributed by atoms with van der Waals surface area (Å²) in [7, 11) is 1.59. The Bertz CT molecular complexity index is 1080. The van der Waals surface area contributed by atoms with E-state index in [1.165, 1.54) is 4.90 Å². The van der Waals surface area contributed by atoms with Crippen molar-refractivity contribution in [1.29, 1.82) is 0 Å². The predicted molar refractivity (Wildman–Crippen MR) is 122 cm³/mol. The molecule has 0 spiro atoms. The molecule has 0 saturated carbocycles. The lowest BCUT2D eigenvalue weighted by atomic mass is 9.98. The molecule has 7 heteroatoms. The zero-order valence-corrected chi connectivity index (χ0v) is 18.3. The van der Waals surface area contributed by atoms with Crippen LogP contribution in [0.5, 0.6) is 11.5 Å². The van der Waals surface area contributed by atoms with E-state index in [-0.39, 0.29) is 12.5 Å². The Morgan fingerprint density at radius 1 is 0.939 bits per heavy atom. The molecule has 1 heterocycles. The molecule has 1 fully saturated rings. The van der Waals surface area contributed by atoms with Crippen molar-refractivity contribution in [3.05, 3.63) is 95.6 Å². The summed E-state index contributed by atoms with van der Waals surface area (Å²) in [6.45, 7) is 0.825. The van der Waals surface area contributed by atoms with Crippen LogP contribution >= 0.6 is 0 Å². The van der Waals surface area contributed by atoms with Crippen molar-refractivity contribution in [3.63, 3.8) is 0 Å². The largest absolute Gasteiger partial charge is 0.497 e. The van der Waals surface area contributed by atoms with Gasteiger partial charge in [-0.2, -0.15) is 0 Å². The fraction of sp³-hybridized carbons (Fsp3) is 0.231. The van der Waals surface area contributed by atoms with Gasteiger partial charge in [0, 0.05) is 6.54 Å². The van der Waals surface area contributed by atoms with Crippen molar-refractivity contribution in [2.24, 2.45) is 5.73 Å². The average molecular weight is 447 g/mol. The van der Waals surface area contributed by atoms with Gasteiger partial charge in [0.2, 0.25) is 5.91 Å². The summed E-state index contributed by atoms with van der Waals surface area (Å²) in [5, 5.41) is 0. The molecular weight excluding hydrogens is 420 g/mol. The van der Waals surface area contributed by atoms with Crippen LogP contribution < -0.4 is 15.2 Å². The topological polar surface area (TPSA) is 91.1 Å². The van der Waals surface area contributed by atoms with Gasteiger partial charge in [-0.25, -0.2) is 4.79 Å². The van der Waals surface area contributed by atoms with E-state index in [4.69, 9.17) is 19.9 Å². The number of nitrogens with two attached hydrogens (primary N) is 1. The standard InChI is InChI=1S/C26H26N2O5/c1-31-21-11-7-19(8-12-21)17-33-26(30)24(28-15-23(27)25(28)29)20-9-13-22(14-10-20)32-16-18-5-3-2-4-6-18/h2-14,23-24H,15-17,27H2,1H3. The average Bonchev–Trinajstić information content (AvgIpc) is 2.87. The fourth-order valence-electron chi connectivity index (χ4n) is 3.60. The van der Waals surface area contributed by atoms with Crippen LogP contribution in [0, 0.1) is 0 Å². The molecule has 3 aromatic carbocycles. The Kier molecular flexibility index (Phi) is 6.90. The highest BCUT2D eigenvalue weighted by Crippen LogP contribution is 2.29. The van der Waals surface area contributed by atoms with E-state index < -0.39 is 18.1 Å². The monoisotopic (exact) mass is 446 g/mol. The van der Waals surface area contributed by atoms with Crippen molar-refractivity contribution in [1.82, 2.24) is 4.90 Å². The second-order valence-corrected chi connectivity index (χ2v) is 7.80. The first kappa shape index (κ1) is 22.4. The molecule has 0 aromatic heterocycles. The Morgan fingerprint density at radius 3 is 2.18 bits per heavy atom. The number of hydrogen-bond donors (Lipinski definition) is 1. The van der Waals surface area contributed by atoms with Crippen molar-refractivity contribution >= 4 is 11.9 Å². The van der Waals surface area contributed by atoms with Crippen molar-refractivity contribution in [2.75, 3.05) is 13.7 Å². The van der Waals surface area contributed by atoms with Crippen LogP contribution in [-0.4, -0.2) is 36.5 Å². The van der Waals surface area contributed by atoms with Gasteiger partial charge in [-0.1, -0.05) is 54.6 Å². The highest BCUT2D eigenvalue weighted by atomic mass is 16.5. The molecule has 3 aromatic rings. The third-order valence-electron chi connectivity index (χ3n) is 5.51. The fourth-order valence-corrected chi connectivity index (χ4v) is 3.60. The molecule has 0 radical (unpaired) electrons. The predicted octanol–water partition coefficient (Wildman–Crippen LogP) is 3.23. The van der Waals surface area contributed by atoms with Gasteiger partial charge in [0.15, 0.2) is 6.04 Å². The number of amides is 1. The summed E-state index contributed by atoms with van der Waals surface area (Å²) in [6, 6.07) is 22.8. The summed E-state index contributed by atoms with van der Waals surface area (Å²) in [6.07, 6.45) is 0. The van der Waals surface area contributed by atoms with Gasteiger partial charge >= 0.3 is 5.97 Å². The number of carbonyl (C=O) groups is 2. The lowest BCUT2D eigenvalue weighted by Gasteiger charge is -2.40. The number of methoxy groups -OCH3 is 1. The normalized spacial score (nSPS) is 16.0. The zero-order valence-electron chi connectivity index (χ0n) is 18.3. The van der Waals surface area contributed by atoms with Crippen LogP contribution in [0.3, 0.4) is 0 Å². The number of likely N-dealkylation sites (tertiary alicyclic amines) is 1. The Morgan fingerprint density at radius 2 is 1.58 bits per heavy atom. The van der Waals surface area contributed by atoms with Crippen molar-refractivity contribution in [3.8, 4) is 11.5 Å². The van der Waals surface area contributed by atoms with E-state index in [1.54, 1.807) is 43.5 Å². The number of ether oxygens (including phenoxy) is 3. The molecule has 2 N–H and O–H groups in total. The molecule has 1 aliphatic heterocycles. The first-order chi connectivity index (χ1) is 16.0. The molecule has 2 unspecified atom stereocenters. The van der Waals surface area contributed by atoms with Crippen LogP contribution in [0.25, 0.3) is 0 Å². The Hall–Kier alpha value is -3.84. The molecule has 0 bridgehead atoms. The lowest BCUT2D eigenvalue weighted by Crippen LogP contribution is -2.62. The third-order valence-corrected chi connectivity index (χ3v) is 5.51. The van der Waals surface area contributed by atoms with Crippen molar-refractivity contribution in [2.45, 2.75) is 25.3 Å². The van der Waals surface area contributed by atoms with Gasteiger partial charge in [-0.3, -0.25) is 4.79 Å². The molecular formula is C26H26N2O5. The van der Waals surface area contributed by atoms with E-state index in [1.807, 2.05) is 42.5 Å². The number of hydrogen-bond acceptors (Lipinski definition) is 6. The van der Waals surface area contributed by atoms with E-state index in [2.05, 4.69) is 0 Å². The van der Waals surface area contributed by atoms with Gasteiger partial charge < -0.3 is 24.8 Å². The maximum Gasteiger partial charge on any atom is 0.333 e. The van der Waals surface area contributed by atoms with Crippen LogP contribution in [0.2, 0.25) is 0 Å². The Labute approximate surface area is 192 Å². The molecule has 170 valence electrons. The zero-order chi connectivity index (χ0) is 23.2. The first-order valence-electron chi connectivity index (χ1n) is 10.7. The van der Waals surface area contributed by atoms with Gasteiger partial charge in [0.1, 0.15) is 30.8 Å². The minimum Gasteiger partial charge on any atom is -0.497 e. The summed E-state index contributed by atoms with van der Waals surface area (Å²) >= 11 is 0. The number of benzene rings is 3. The van der Waals surface area contributed by atoms with E-state index >= 15 is 0 Å². The number of carbonyl (C=O) groups excluding carboxylic acids is 2. The highest BCUT2D eigenvalue weighted by molar-refractivity contribution is 5.92. The van der Waals surface area contributed by atoms with Crippen LogP contribution in [0.1, 0.15) is 22.7 Å². The summed E-state index contributed by atoms with van der Waals surface area (Å²) in [4.78, 5) is 26.8. The number of nitrogens with zero attached hydrogens (tertiary/aromatic N) is 1. The van der Waals surface area contributed by atoms with E-state index in [0.29, 0.717) is 24.5 Å². The highest BCUT2D eigenvalue weighted by Gasteiger charge is 2.43. The number of rotatable bonds is 9. The van der Waals surface area contributed by atoms with Crippen molar-refractivity contribution < 1.29 is 23.8 Å². The Balaban J connectivity index is 1.44. The molecule has 1 saturated heterocycles.